The van der Waals surface area contributed by atoms with Crippen molar-refractivity contribution >= 4 is 17.9 Å². The van der Waals surface area contributed by atoms with Crippen LogP contribution in [-0.4, -0.2) is 24.8 Å². The molecule has 0 aliphatic carbocycles. The number of phosphoric acid groups is 1. The number of hydrogen-bond donors (Lipinski definition) is 3. The average Bonchev–Trinajstić information content (AvgIpc) is 0.722. The molecule has 3 N–H and O–H groups in total. The van der Waals surface area contributed by atoms with E-state index in [1.165, 1.54) is 0 Å². The summed E-state index contributed by atoms with van der Waals surface area (Å²) in [4.78, 5) is 21.6. The maximum atomic E-state index is 8.88. The van der Waals surface area contributed by atoms with Crippen LogP contribution >= 0.6 is 7.82 Å². The first-order valence-corrected chi connectivity index (χ1v) is 2.35. The Labute approximate surface area is 59.9 Å². The summed E-state index contributed by atoms with van der Waals surface area (Å²) < 4.78 is 8.88. The number of rotatable bonds is 0. The largest absolute Gasteiger partial charge is 0 e. The van der Waals surface area contributed by atoms with Gasteiger partial charge in [0, 0.05) is 22.4 Å². The SMILES string of the molecule is O=P(O)(O)O.[BeH2].[Nb]. The molecule has 0 fully saturated rings. The Morgan fingerprint density at radius 3 is 1.14 bits per heavy atom. The summed E-state index contributed by atoms with van der Waals surface area (Å²) in [5.41, 5.74) is 0. The summed E-state index contributed by atoms with van der Waals surface area (Å²) >= 11 is 0. The zero-order valence-corrected chi connectivity index (χ0v) is 5.74. The standard InChI is InChI=1S/Be.Nb.H3O4P.2H/c;;1-5(2,3)4;;/h;;(H3,1,2,3,4);;. The molecule has 0 amide bonds. The van der Waals surface area contributed by atoms with Crippen molar-refractivity contribution in [3.8, 4) is 0 Å². The second-order valence-electron chi connectivity index (χ2n) is 0.513. The summed E-state index contributed by atoms with van der Waals surface area (Å²) in [5, 5.41) is 0. The third-order valence-corrected chi connectivity index (χ3v) is 0. The van der Waals surface area contributed by atoms with Gasteiger partial charge in [0.25, 0.3) is 0 Å². The van der Waals surface area contributed by atoms with Crippen LogP contribution in [-0.2, 0) is 26.9 Å². The summed E-state index contributed by atoms with van der Waals surface area (Å²) in [7, 11) is -4.64. The van der Waals surface area contributed by atoms with Crippen molar-refractivity contribution < 1.29 is 41.6 Å². The Morgan fingerprint density at radius 1 is 1.14 bits per heavy atom. The van der Waals surface area contributed by atoms with Gasteiger partial charge in [0.15, 0.2) is 0 Å². The predicted octanol–water partition coefficient (Wildman–Crippen LogP) is -1.85. The minimum atomic E-state index is -4.64. The average molecular weight is 202 g/mol. The van der Waals surface area contributed by atoms with E-state index in [-0.39, 0.29) is 32.5 Å². The maximum Gasteiger partial charge on any atom is 0 e. The van der Waals surface area contributed by atoms with Gasteiger partial charge < -0.3 is 14.7 Å². The molecule has 0 saturated carbocycles. The molecular formula is H5BeNbO4P. The van der Waals surface area contributed by atoms with Gasteiger partial charge in [-0.1, -0.05) is 0 Å². The molecule has 0 aromatic heterocycles. The fourth-order valence-corrected chi connectivity index (χ4v) is 0. The topological polar surface area (TPSA) is 77.8 Å². The van der Waals surface area contributed by atoms with E-state index >= 15 is 0 Å². The molecule has 0 spiro atoms. The fourth-order valence-electron chi connectivity index (χ4n) is 0. The Bertz CT molecular complexity index is 57.8. The molecule has 0 atom stereocenters. The molecule has 0 rings (SSSR count). The van der Waals surface area contributed by atoms with Crippen LogP contribution in [0.4, 0.5) is 0 Å². The smallest absolute Gasteiger partial charge is 0 e. The normalized spacial score (nSPS) is 8.43. The van der Waals surface area contributed by atoms with Gasteiger partial charge in [0.2, 0.25) is 0 Å². The van der Waals surface area contributed by atoms with E-state index in [2.05, 4.69) is 0 Å². The van der Waals surface area contributed by atoms with Crippen LogP contribution in [0, 0.1) is 0 Å². The zero-order chi connectivity index (χ0) is 4.50. The Hall–Kier alpha value is 1.02. The minimum Gasteiger partial charge on any atom is 0 e. The van der Waals surface area contributed by atoms with Crippen molar-refractivity contribution in [1.82, 2.24) is 0 Å². The Balaban J connectivity index is -0.0000000800. The summed E-state index contributed by atoms with van der Waals surface area (Å²) in [6, 6.07) is 0. The van der Waals surface area contributed by atoms with E-state index in [1.54, 1.807) is 0 Å². The first-order valence-electron chi connectivity index (χ1n) is 0.783. The van der Waals surface area contributed by atoms with Crippen molar-refractivity contribution in [3.05, 3.63) is 0 Å². The first-order chi connectivity index (χ1) is 2.00. The van der Waals surface area contributed by atoms with Crippen LogP contribution in [0.3, 0.4) is 0 Å². The van der Waals surface area contributed by atoms with Crippen LogP contribution < -0.4 is 0 Å². The molecule has 7 heavy (non-hydrogen) atoms. The van der Waals surface area contributed by atoms with Crippen molar-refractivity contribution in [2.24, 2.45) is 0 Å². The minimum absolute atomic E-state index is 0. The van der Waals surface area contributed by atoms with Crippen LogP contribution in [0.2, 0.25) is 0 Å². The first kappa shape index (κ1) is 15.7. The molecule has 0 heterocycles. The van der Waals surface area contributed by atoms with Gasteiger partial charge in [-0.3, -0.25) is 0 Å². The van der Waals surface area contributed by atoms with Crippen LogP contribution in [0.5, 0.6) is 0 Å². The number of hydrogen-bond acceptors (Lipinski definition) is 1. The van der Waals surface area contributed by atoms with E-state index in [4.69, 9.17) is 19.2 Å². The molecule has 0 saturated heterocycles. The molecule has 0 aromatic carbocycles. The van der Waals surface area contributed by atoms with Gasteiger partial charge in [-0.2, -0.15) is 0 Å². The molecular weight excluding hydrogens is 197 g/mol. The van der Waals surface area contributed by atoms with Crippen molar-refractivity contribution in [2.75, 3.05) is 0 Å². The molecule has 0 aliphatic heterocycles. The zero-order valence-electron chi connectivity index (χ0n) is 2.64. The van der Waals surface area contributed by atoms with Crippen LogP contribution in [0.15, 0.2) is 0 Å². The maximum absolute atomic E-state index is 8.88. The van der Waals surface area contributed by atoms with Gasteiger partial charge in [-0.25, -0.2) is 4.57 Å². The van der Waals surface area contributed by atoms with E-state index in [0.29, 0.717) is 0 Å². The Kier molecular flexibility index (Phi) is 11.6. The van der Waals surface area contributed by atoms with Gasteiger partial charge in [0.1, 0.15) is 0 Å². The molecule has 0 aromatic rings. The van der Waals surface area contributed by atoms with E-state index in [1.807, 2.05) is 0 Å². The van der Waals surface area contributed by atoms with Crippen molar-refractivity contribution in [1.29, 1.82) is 0 Å². The van der Waals surface area contributed by atoms with Crippen LogP contribution in [0.25, 0.3) is 0 Å². The molecule has 0 aliphatic rings. The van der Waals surface area contributed by atoms with Gasteiger partial charge in [0.05, 0.1) is 0 Å². The molecule has 0 bridgehead atoms. The molecule has 41 valence electrons. The van der Waals surface area contributed by atoms with E-state index in [9.17, 15) is 0 Å². The van der Waals surface area contributed by atoms with Crippen molar-refractivity contribution in [3.63, 3.8) is 0 Å². The van der Waals surface area contributed by atoms with Crippen molar-refractivity contribution in [2.45, 2.75) is 0 Å². The van der Waals surface area contributed by atoms with E-state index < -0.39 is 7.82 Å². The third kappa shape index (κ3) is 170. The quantitative estimate of drug-likeness (QED) is 0.318. The molecule has 4 nitrogen and oxygen atoms in total. The predicted molar refractivity (Wildman–Crippen MR) is 22.8 cm³/mol. The molecule has 7 heteroatoms. The summed E-state index contributed by atoms with van der Waals surface area (Å²) in [6.45, 7) is 0. The molecule has 0 unspecified atom stereocenters. The second-order valence-corrected chi connectivity index (χ2v) is 1.54. The van der Waals surface area contributed by atoms with Gasteiger partial charge >= 0.3 is 17.9 Å². The van der Waals surface area contributed by atoms with Gasteiger partial charge in [-0.05, 0) is 0 Å². The molecule has 1 radical (unpaired) electrons. The fraction of sp³-hybridized carbons (Fsp3) is 0. The summed E-state index contributed by atoms with van der Waals surface area (Å²) in [5.74, 6) is 0. The monoisotopic (exact) mass is 202 g/mol. The third-order valence-electron chi connectivity index (χ3n) is 0. The van der Waals surface area contributed by atoms with E-state index in [0.717, 1.165) is 0 Å². The second kappa shape index (κ2) is 5.16. The van der Waals surface area contributed by atoms with Gasteiger partial charge in [-0.15, -0.1) is 0 Å². The van der Waals surface area contributed by atoms with Crippen LogP contribution in [0.1, 0.15) is 0 Å². The Morgan fingerprint density at radius 2 is 1.14 bits per heavy atom. The summed E-state index contributed by atoms with van der Waals surface area (Å²) in [6.07, 6.45) is 0.